The van der Waals surface area contributed by atoms with Gasteiger partial charge in [0.2, 0.25) is 5.91 Å². The maximum absolute atomic E-state index is 12.1. The van der Waals surface area contributed by atoms with E-state index in [1.807, 2.05) is 18.2 Å². The number of fused-ring (bicyclic) bond motifs is 1. The zero-order valence-corrected chi connectivity index (χ0v) is 9.83. The molecule has 86 valence electrons. The molecule has 0 fully saturated rings. The van der Waals surface area contributed by atoms with E-state index in [0.29, 0.717) is 5.82 Å². The Labute approximate surface area is 103 Å². The molecule has 17 heavy (non-hydrogen) atoms. The number of hydrogen-bond acceptors (Lipinski definition) is 3. The summed E-state index contributed by atoms with van der Waals surface area (Å²) >= 11 is 1.73. The first-order valence-corrected chi connectivity index (χ1v) is 6.35. The lowest BCUT2D eigenvalue weighted by Crippen LogP contribution is -2.21. The number of rotatable bonds is 2. The van der Waals surface area contributed by atoms with Crippen LogP contribution >= 0.6 is 11.8 Å². The summed E-state index contributed by atoms with van der Waals surface area (Å²) in [6.45, 7) is 0. The summed E-state index contributed by atoms with van der Waals surface area (Å²) in [7, 11) is 0. The molecule has 0 spiro atoms. The van der Waals surface area contributed by atoms with Crippen LogP contribution in [-0.2, 0) is 4.79 Å². The third-order valence-corrected chi connectivity index (χ3v) is 3.96. The number of H-pyrrole nitrogens is 1. The molecular formula is C12H11N3OS. The van der Waals surface area contributed by atoms with Crippen LogP contribution in [-0.4, -0.2) is 21.9 Å². The molecule has 1 aromatic carbocycles. The number of carbonyl (C=O) groups excluding carboxylic acids is 1. The van der Waals surface area contributed by atoms with Crippen LogP contribution in [0.25, 0.3) is 0 Å². The Kier molecular flexibility index (Phi) is 2.60. The first-order chi connectivity index (χ1) is 8.34. The number of aromatic nitrogens is 2. The molecule has 1 amide bonds. The zero-order chi connectivity index (χ0) is 11.7. The largest absolute Gasteiger partial charge is 0.311 e. The van der Waals surface area contributed by atoms with Crippen LogP contribution in [0.1, 0.15) is 11.5 Å². The molecule has 5 heteroatoms. The molecule has 1 aliphatic rings. The second-order valence-electron chi connectivity index (χ2n) is 3.86. The summed E-state index contributed by atoms with van der Waals surface area (Å²) in [4.78, 5) is 13.3. The Morgan fingerprint density at radius 2 is 2.29 bits per heavy atom. The van der Waals surface area contributed by atoms with Gasteiger partial charge in [0.05, 0.1) is 12.1 Å². The summed E-state index contributed by atoms with van der Waals surface area (Å²) in [5.74, 6) is 1.40. The quantitative estimate of drug-likeness (QED) is 0.853. The van der Waals surface area contributed by atoms with Gasteiger partial charge < -0.3 is 5.32 Å². The standard InChI is InChI=1S/C12H11N3OS/c16-12(14-11-5-6-13-15-11)9-7-17-10-4-2-1-3-8(9)10/h1-6,9H,7H2,(H2,13,14,15,16). The lowest BCUT2D eigenvalue weighted by atomic mass is 10.0. The molecule has 2 heterocycles. The molecule has 0 saturated heterocycles. The summed E-state index contributed by atoms with van der Waals surface area (Å²) < 4.78 is 0. The normalized spacial score (nSPS) is 17.8. The van der Waals surface area contributed by atoms with Gasteiger partial charge in [0.15, 0.2) is 0 Å². The van der Waals surface area contributed by atoms with Crippen LogP contribution in [0.4, 0.5) is 5.82 Å². The molecule has 0 radical (unpaired) electrons. The van der Waals surface area contributed by atoms with Crippen molar-refractivity contribution < 1.29 is 4.79 Å². The number of aromatic amines is 1. The molecule has 2 N–H and O–H groups in total. The lowest BCUT2D eigenvalue weighted by Gasteiger charge is -2.09. The lowest BCUT2D eigenvalue weighted by molar-refractivity contribution is -0.117. The SMILES string of the molecule is O=C(Nc1ccn[nH]1)C1CSc2ccccc21. The third-order valence-electron chi connectivity index (χ3n) is 2.78. The van der Waals surface area contributed by atoms with Crippen LogP contribution in [0.5, 0.6) is 0 Å². The molecule has 0 aliphatic carbocycles. The highest BCUT2D eigenvalue weighted by molar-refractivity contribution is 7.99. The van der Waals surface area contributed by atoms with Gasteiger partial charge in [-0.05, 0) is 11.6 Å². The van der Waals surface area contributed by atoms with Gasteiger partial charge in [-0.2, -0.15) is 5.10 Å². The number of carbonyl (C=O) groups is 1. The Morgan fingerprint density at radius 3 is 3.12 bits per heavy atom. The number of amides is 1. The predicted octanol–water partition coefficient (Wildman–Crippen LogP) is 2.24. The van der Waals surface area contributed by atoms with E-state index < -0.39 is 0 Å². The van der Waals surface area contributed by atoms with Gasteiger partial charge in [0.25, 0.3) is 0 Å². The number of thioether (sulfide) groups is 1. The molecule has 0 bridgehead atoms. The van der Waals surface area contributed by atoms with Gasteiger partial charge in [0.1, 0.15) is 5.82 Å². The van der Waals surface area contributed by atoms with E-state index in [2.05, 4.69) is 21.6 Å². The fourth-order valence-corrected chi connectivity index (χ4v) is 3.15. The fourth-order valence-electron chi connectivity index (χ4n) is 1.93. The number of benzene rings is 1. The van der Waals surface area contributed by atoms with E-state index in [1.165, 1.54) is 4.90 Å². The fraction of sp³-hybridized carbons (Fsp3) is 0.167. The highest BCUT2D eigenvalue weighted by atomic mass is 32.2. The number of hydrogen-bond donors (Lipinski definition) is 2. The van der Waals surface area contributed by atoms with Crippen molar-refractivity contribution in [1.29, 1.82) is 0 Å². The first kappa shape index (κ1) is 10.4. The summed E-state index contributed by atoms with van der Waals surface area (Å²) in [6.07, 6.45) is 1.62. The molecular weight excluding hydrogens is 234 g/mol. The van der Waals surface area contributed by atoms with Gasteiger partial charge in [-0.15, -0.1) is 11.8 Å². The third kappa shape index (κ3) is 1.93. The summed E-state index contributed by atoms with van der Waals surface area (Å²) in [5, 5.41) is 9.36. The van der Waals surface area contributed by atoms with Crippen molar-refractivity contribution in [2.24, 2.45) is 0 Å². The molecule has 1 atom stereocenters. The van der Waals surface area contributed by atoms with Crippen molar-refractivity contribution in [1.82, 2.24) is 10.2 Å². The Balaban J connectivity index is 1.80. The van der Waals surface area contributed by atoms with Gasteiger partial charge >= 0.3 is 0 Å². The second kappa shape index (κ2) is 4.25. The molecule has 1 aromatic heterocycles. The van der Waals surface area contributed by atoms with Crippen molar-refractivity contribution in [3.8, 4) is 0 Å². The minimum absolute atomic E-state index is 0.0201. The maximum Gasteiger partial charge on any atom is 0.233 e. The van der Waals surface area contributed by atoms with Gasteiger partial charge in [0, 0.05) is 16.7 Å². The Morgan fingerprint density at radius 1 is 1.41 bits per heavy atom. The maximum atomic E-state index is 12.1. The van der Waals surface area contributed by atoms with Gasteiger partial charge in [-0.25, -0.2) is 0 Å². The Hall–Kier alpha value is -1.75. The van der Waals surface area contributed by atoms with Crippen LogP contribution in [0.2, 0.25) is 0 Å². The van der Waals surface area contributed by atoms with E-state index in [4.69, 9.17) is 0 Å². The minimum Gasteiger partial charge on any atom is -0.311 e. The van der Waals surface area contributed by atoms with Crippen molar-refractivity contribution in [2.45, 2.75) is 10.8 Å². The minimum atomic E-state index is -0.0699. The monoisotopic (exact) mass is 245 g/mol. The van der Waals surface area contributed by atoms with E-state index in [9.17, 15) is 4.79 Å². The van der Waals surface area contributed by atoms with Crippen LogP contribution in [0, 0.1) is 0 Å². The van der Waals surface area contributed by atoms with Crippen molar-refractivity contribution in [3.63, 3.8) is 0 Å². The smallest absolute Gasteiger partial charge is 0.233 e. The molecule has 1 aliphatic heterocycles. The Bertz CT molecular complexity index is 538. The van der Waals surface area contributed by atoms with E-state index >= 15 is 0 Å². The average Bonchev–Trinajstić information content (AvgIpc) is 2.96. The molecule has 2 aromatic rings. The number of nitrogens with one attached hydrogen (secondary N) is 2. The topological polar surface area (TPSA) is 57.8 Å². The van der Waals surface area contributed by atoms with Crippen LogP contribution in [0.3, 0.4) is 0 Å². The highest BCUT2D eigenvalue weighted by Crippen LogP contribution is 2.39. The van der Waals surface area contributed by atoms with E-state index in [-0.39, 0.29) is 11.8 Å². The van der Waals surface area contributed by atoms with E-state index in [1.54, 1.807) is 24.0 Å². The first-order valence-electron chi connectivity index (χ1n) is 5.36. The highest BCUT2D eigenvalue weighted by Gasteiger charge is 2.28. The molecule has 1 unspecified atom stereocenters. The van der Waals surface area contributed by atoms with Crippen molar-refractivity contribution in [3.05, 3.63) is 42.1 Å². The van der Waals surface area contributed by atoms with Crippen LogP contribution in [0.15, 0.2) is 41.4 Å². The van der Waals surface area contributed by atoms with Crippen molar-refractivity contribution in [2.75, 3.05) is 11.1 Å². The van der Waals surface area contributed by atoms with Crippen molar-refractivity contribution >= 4 is 23.5 Å². The number of anilines is 1. The summed E-state index contributed by atoms with van der Waals surface area (Å²) in [6, 6.07) is 9.80. The van der Waals surface area contributed by atoms with Gasteiger partial charge in [-0.1, -0.05) is 18.2 Å². The summed E-state index contributed by atoms with van der Waals surface area (Å²) in [5.41, 5.74) is 1.12. The zero-order valence-electron chi connectivity index (χ0n) is 9.01. The number of nitrogens with zero attached hydrogens (tertiary/aromatic N) is 1. The molecule has 4 nitrogen and oxygen atoms in total. The molecule has 0 saturated carbocycles. The second-order valence-corrected chi connectivity index (χ2v) is 4.92. The average molecular weight is 245 g/mol. The predicted molar refractivity (Wildman–Crippen MR) is 67.1 cm³/mol. The van der Waals surface area contributed by atoms with Gasteiger partial charge in [-0.3, -0.25) is 9.89 Å². The van der Waals surface area contributed by atoms with E-state index in [0.717, 1.165) is 11.3 Å². The van der Waals surface area contributed by atoms with Crippen LogP contribution < -0.4 is 5.32 Å². The molecule has 3 rings (SSSR count).